The molecule has 4 rings (SSSR count). The van der Waals surface area contributed by atoms with Crippen LogP contribution in [0.25, 0.3) is 0 Å². The molecule has 0 spiro atoms. The second-order valence-electron chi connectivity index (χ2n) is 7.46. The van der Waals surface area contributed by atoms with Crippen molar-refractivity contribution in [2.24, 2.45) is 5.92 Å². The second-order valence-corrected chi connectivity index (χ2v) is 7.46. The van der Waals surface area contributed by atoms with Crippen molar-refractivity contribution in [1.29, 1.82) is 0 Å². The Labute approximate surface area is 160 Å². The van der Waals surface area contributed by atoms with Gasteiger partial charge >= 0.3 is 6.03 Å². The maximum atomic E-state index is 13.1. The summed E-state index contributed by atoms with van der Waals surface area (Å²) in [6.07, 6.45) is 10.2. The largest absolute Gasteiger partial charge is 0.497 e. The molecular formula is C21H26N4O2. The number of carbonyl (C=O) groups is 1. The Hall–Kier alpha value is -2.63. The molecule has 2 amide bonds. The number of rotatable bonds is 3. The monoisotopic (exact) mass is 366 g/mol. The number of ether oxygens (including phenoxy) is 1. The number of hydrogen-bond acceptors (Lipinski definition) is 4. The van der Waals surface area contributed by atoms with Crippen molar-refractivity contribution in [2.75, 3.05) is 12.4 Å². The van der Waals surface area contributed by atoms with Crippen LogP contribution < -0.4 is 10.1 Å². The molecule has 0 saturated heterocycles. The highest BCUT2D eigenvalue weighted by molar-refractivity contribution is 5.88. The third kappa shape index (κ3) is 3.89. The van der Waals surface area contributed by atoms with Crippen LogP contribution >= 0.6 is 0 Å². The summed E-state index contributed by atoms with van der Waals surface area (Å²) in [5, 5.41) is 2.94. The van der Waals surface area contributed by atoms with Crippen molar-refractivity contribution in [3.8, 4) is 5.75 Å². The van der Waals surface area contributed by atoms with Gasteiger partial charge < -0.3 is 9.64 Å². The Morgan fingerprint density at radius 1 is 1.19 bits per heavy atom. The quantitative estimate of drug-likeness (QED) is 0.891. The third-order valence-corrected chi connectivity index (χ3v) is 5.86. The van der Waals surface area contributed by atoms with E-state index in [0.717, 1.165) is 12.2 Å². The lowest BCUT2D eigenvalue weighted by atomic mass is 9.78. The van der Waals surface area contributed by atoms with E-state index in [-0.39, 0.29) is 12.1 Å². The zero-order valence-corrected chi connectivity index (χ0v) is 15.7. The second kappa shape index (κ2) is 7.94. The highest BCUT2D eigenvalue weighted by Gasteiger charge is 2.36. The number of nitrogens with one attached hydrogen (secondary N) is 1. The number of aromatic nitrogens is 2. The SMILES string of the molecule is COc1ccc2c(c1)CN(C(=O)Nc1ccncn1)C(C1CCCCC1)C2. The number of fused-ring (bicyclic) bond motifs is 1. The van der Waals surface area contributed by atoms with Crippen LogP contribution in [0, 0.1) is 5.92 Å². The Balaban J connectivity index is 1.60. The van der Waals surface area contributed by atoms with Gasteiger partial charge in [0.05, 0.1) is 7.11 Å². The average Bonchev–Trinajstić information content (AvgIpc) is 2.73. The molecule has 2 aromatic rings. The number of urea groups is 1. The minimum atomic E-state index is -0.0854. The van der Waals surface area contributed by atoms with Gasteiger partial charge in [0.15, 0.2) is 0 Å². The summed E-state index contributed by atoms with van der Waals surface area (Å²) in [6, 6.07) is 8.09. The van der Waals surface area contributed by atoms with Gasteiger partial charge in [0.1, 0.15) is 17.9 Å². The van der Waals surface area contributed by atoms with Crippen molar-refractivity contribution in [3.63, 3.8) is 0 Å². The fourth-order valence-electron chi connectivity index (χ4n) is 4.42. The van der Waals surface area contributed by atoms with Gasteiger partial charge in [-0.1, -0.05) is 25.3 Å². The minimum Gasteiger partial charge on any atom is -0.497 e. The summed E-state index contributed by atoms with van der Waals surface area (Å²) < 4.78 is 5.38. The molecule has 0 radical (unpaired) electrons. The van der Waals surface area contributed by atoms with Crippen LogP contribution in [-0.4, -0.2) is 34.1 Å². The fraction of sp³-hybridized carbons (Fsp3) is 0.476. The zero-order valence-electron chi connectivity index (χ0n) is 15.7. The molecule has 2 heterocycles. The van der Waals surface area contributed by atoms with Gasteiger partial charge in [-0.15, -0.1) is 0 Å². The number of nitrogens with zero attached hydrogens (tertiary/aromatic N) is 3. The van der Waals surface area contributed by atoms with Crippen LogP contribution in [0.2, 0.25) is 0 Å². The predicted octanol–water partition coefficient (Wildman–Crippen LogP) is 4.02. The molecule has 2 aliphatic rings. The highest BCUT2D eigenvalue weighted by atomic mass is 16.5. The number of methoxy groups -OCH3 is 1. The molecular weight excluding hydrogens is 340 g/mol. The first-order chi connectivity index (χ1) is 13.2. The van der Waals surface area contributed by atoms with Crippen molar-refractivity contribution >= 4 is 11.8 Å². The van der Waals surface area contributed by atoms with Crippen LogP contribution in [-0.2, 0) is 13.0 Å². The van der Waals surface area contributed by atoms with Crippen LogP contribution in [0.4, 0.5) is 10.6 Å². The molecule has 1 aromatic heterocycles. The van der Waals surface area contributed by atoms with E-state index in [1.165, 1.54) is 49.6 Å². The molecule has 1 saturated carbocycles. The normalized spacial score (nSPS) is 20.0. The molecule has 1 N–H and O–H groups in total. The van der Waals surface area contributed by atoms with E-state index in [1.54, 1.807) is 19.4 Å². The van der Waals surface area contributed by atoms with Crippen LogP contribution in [0.15, 0.2) is 36.8 Å². The summed E-state index contributed by atoms with van der Waals surface area (Å²) in [4.78, 5) is 23.2. The maximum absolute atomic E-state index is 13.1. The lowest BCUT2D eigenvalue weighted by Crippen LogP contribution is -2.50. The Morgan fingerprint density at radius 2 is 2.04 bits per heavy atom. The number of hydrogen-bond donors (Lipinski definition) is 1. The molecule has 1 fully saturated rings. The van der Waals surface area contributed by atoms with Crippen molar-refractivity contribution in [3.05, 3.63) is 47.9 Å². The summed E-state index contributed by atoms with van der Waals surface area (Å²) in [5.41, 5.74) is 2.50. The Kier molecular flexibility index (Phi) is 5.23. The van der Waals surface area contributed by atoms with Crippen molar-refractivity contribution in [1.82, 2.24) is 14.9 Å². The molecule has 1 aromatic carbocycles. The Bertz CT molecular complexity index is 790. The van der Waals surface area contributed by atoms with E-state index in [1.807, 2.05) is 11.0 Å². The number of anilines is 1. The first-order valence-corrected chi connectivity index (χ1v) is 9.74. The lowest BCUT2D eigenvalue weighted by Gasteiger charge is -2.42. The number of carbonyl (C=O) groups excluding carboxylic acids is 1. The fourth-order valence-corrected chi connectivity index (χ4v) is 4.42. The van der Waals surface area contributed by atoms with E-state index in [9.17, 15) is 4.79 Å². The summed E-state index contributed by atoms with van der Waals surface area (Å²) in [6.45, 7) is 0.602. The highest BCUT2D eigenvalue weighted by Crippen LogP contribution is 2.36. The predicted molar refractivity (Wildman–Crippen MR) is 104 cm³/mol. The first kappa shape index (κ1) is 17.8. The molecule has 1 atom stereocenters. The van der Waals surface area contributed by atoms with Gasteiger partial charge in [0.2, 0.25) is 0 Å². The molecule has 27 heavy (non-hydrogen) atoms. The molecule has 1 unspecified atom stereocenters. The average molecular weight is 366 g/mol. The van der Waals surface area contributed by atoms with Crippen LogP contribution in [0.3, 0.4) is 0 Å². The van der Waals surface area contributed by atoms with Gasteiger partial charge in [-0.2, -0.15) is 0 Å². The first-order valence-electron chi connectivity index (χ1n) is 9.74. The van der Waals surface area contributed by atoms with E-state index in [0.29, 0.717) is 18.3 Å². The van der Waals surface area contributed by atoms with Crippen molar-refractivity contribution < 1.29 is 9.53 Å². The van der Waals surface area contributed by atoms with Gasteiger partial charge in [-0.3, -0.25) is 5.32 Å². The summed E-state index contributed by atoms with van der Waals surface area (Å²) >= 11 is 0. The zero-order chi connectivity index (χ0) is 18.6. The van der Waals surface area contributed by atoms with Gasteiger partial charge in [0.25, 0.3) is 0 Å². The maximum Gasteiger partial charge on any atom is 0.323 e. The van der Waals surface area contributed by atoms with Crippen LogP contribution in [0.5, 0.6) is 5.75 Å². The molecule has 1 aliphatic heterocycles. The van der Waals surface area contributed by atoms with Gasteiger partial charge in [0, 0.05) is 18.8 Å². The molecule has 142 valence electrons. The smallest absolute Gasteiger partial charge is 0.323 e. The minimum absolute atomic E-state index is 0.0854. The van der Waals surface area contributed by atoms with E-state index in [4.69, 9.17) is 4.74 Å². The summed E-state index contributed by atoms with van der Waals surface area (Å²) in [7, 11) is 1.68. The topological polar surface area (TPSA) is 67.3 Å². The molecule has 6 heteroatoms. The van der Waals surface area contributed by atoms with E-state index >= 15 is 0 Å². The standard InChI is InChI=1S/C21H26N4O2/c1-27-18-8-7-16-12-19(15-5-3-2-4-6-15)25(13-17(16)11-18)21(26)24-20-9-10-22-14-23-20/h7-11,14-15,19H,2-6,12-13H2,1H3,(H,22,23,24,26). The van der Waals surface area contributed by atoms with Gasteiger partial charge in [-0.25, -0.2) is 14.8 Å². The van der Waals surface area contributed by atoms with Gasteiger partial charge in [-0.05, 0) is 54.5 Å². The van der Waals surface area contributed by atoms with E-state index < -0.39 is 0 Å². The third-order valence-electron chi connectivity index (χ3n) is 5.86. The summed E-state index contributed by atoms with van der Waals surface area (Å²) in [5.74, 6) is 1.93. The molecule has 1 aliphatic carbocycles. The van der Waals surface area contributed by atoms with Crippen LogP contribution in [0.1, 0.15) is 43.2 Å². The number of benzene rings is 1. The number of amides is 2. The van der Waals surface area contributed by atoms with Crippen molar-refractivity contribution in [2.45, 2.75) is 51.1 Å². The van der Waals surface area contributed by atoms with E-state index in [2.05, 4.69) is 27.4 Å². The lowest BCUT2D eigenvalue weighted by molar-refractivity contribution is 0.125. The Morgan fingerprint density at radius 3 is 2.78 bits per heavy atom. The molecule has 6 nitrogen and oxygen atoms in total. The molecule has 0 bridgehead atoms.